The molecule has 0 bridgehead atoms. The van der Waals surface area contributed by atoms with E-state index < -0.39 is 0 Å². The van der Waals surface area contributed by atoms with Crippen LogP contribution in [-0.4, -0.2) is 22.2 Å². The Morgan fingerprint density at radius 1 is 0.545 bits per heavy atom. The molecule has 0 saturated carbocycles. The quantitative estimate of drug-likeness (QED) is 0.0804. The molecule has 0 fully saturated rings. The van der Waals surface area contributed by atoms with E-state index in [0.717, 1.165) is 44.9 Å². The van der Waals surface area contributed by atoms with Gasteiger partial charge in [-0.1, -0.05) is 103 Å². The third-order valence-electron chi connectivity index (χ3n) is 5.67. The van der Waals surface area contributed by atoms with E-state index >= 15 is 0 Å². The van der Waals surface area contributed by atoms with Crippen LogP contribution in [0.15, 0.2) is 12.2 Å². The van der Waals surface area contributed by atoms with Gasteiger partial charge in [0.15, 0.2) is 0 Å². The Labute approximate surface area is 215 Å². The number of rotatable bonds is 24. The molecule has 0 atom stereocenters. The SMILES string of the molecule is CCCCCCCC/C=C\CCCCCCCCO.O=C(Cl)CCCCCCCCC(=O)Cl. The zero-order valence-corrected chi connectivity index (χ0v) is 22.9. The van der Waals surface area contributed by atoms with Gasteiger partial charge in [-0.25, -0.2) is 0 Å². The fourth-order valence-electron chi connectivity index (χ4n) is 3.59. The normalized spacial score (nSPS) is 10.9. The van der Waals surface area contributed by atoms with Gasteiger partial charge in [0.25, 0.3) is 0 Å². The van der Waals surface area contributed by atoms with Gasteiger partial charge in [-0.2, -0.15) is 0 Å². The Hall–Kier alpha value is -0.380. The van der Waals surface area contributed by atoms with Gasteiger partial charge >= 0.3 is 0 Å². The summed E-state index contributed by atoms with van der Waals surface area (Å²) in [5.74, 6) is 0. The molecule has 1 N–H and O–H groups in total. The molecule has 0 saturated heterocycles. The van der Waals surface area contributed by atoms with Crippen molar-refractivity contribution < 1.29 is 14.7 Å². The van der Waals surface area contributed by atoms with E-state index in [1.54, 1.807) is 0 Å². The molecule has 0 amide bonds. The minimum atomic E-state index is -0.252. The van der Waals surface area contributed by atoms with E-state index in [0.29, 0.717) is 19.4 Å². The van der Waals surface area contributed by atoms with Crippen LogP contribution in [0.3, 0.4) is 0 Å². The van der Waals surface area contributed by atoms with Crippen LogP contribution >= 0.6 is 23.2 Å². The van der Waals surface area contributed by atoms with E-state index in [2.05, 4.69) is 19.1 Å². The van der Waals surface area contributed by atoms with Gasteiger partial charge in [-0.05, 0) is 68.1 Å². The highest BCUT2D eigenvalue weighted by Crippen LogP contribution is 2.11. The molecule has 0 spiro atoms. The molecular formula is C28H52Cl2O3. The maximum absolute atomic E-state index is 10.4. The Morgan fingerprint density at radius 2 is 0.879 bits per heavy atom. The molecular weight excluding hydrogens is 455 g/mol. The Balaban J connectivity index is 0. The molecule has 3 nitrogen and oxygen atoms in total. The summed E-state index contributed by atoms with van der Waals surface area (Å²) in [6.07, 6.45) is 30.2. The number of carbonyl (C=O) groups excluding carboxylic acids is 2. The third kappa shape index (κ3) is 39.1. The van der Waals surface area contributed by atoms with Crippen molar-refractivity contribution >= 4 is 33.7 Å². The van der Waals surface area contributed by atoms with Crippen LogP contribution in [0.4, 0.5) is 0 Å². The van der Waals surface area contributed by atoms with Crippen molar-refractivity contribution in [1.29, 1.82) is 0 Å². The van der Waals surface area contributed by atoms with Crippen LogP contribution in [0.2, 0.25) is 0 Å². The van der Waals surface area contributed by atoms with Crippen molar-refractivity contribution in [2.45, 2.75) is 148 Å². The first-order chi connectivity index (χ1) is 16.0. The molecule has 0 radical (unpaired) electrons. The summed E-state index contributed by atoms with van der Waals surface area (Å²) < 4.78 is 0. The predicted molar refractivity (Wildman–Crippen MR) is 145 cm³/mol. The number of hydrogen-bond donors (Lipinski definition) is 1. The van der Waals surface area contributed by atoms with E-state index in [-0.39, 0.29) is 10.5 Å². The minimum absolute atomic E-state index is 0.252. The third-order valence-corrected chi connectivity index (χ3v) is 6.04. The summed E-state index contributed by atoms with van der Waals surface area (Å²) in [6.45, 7) is 2.64. The average molecular weight is 508 g/mol. The van der Waals surface area contributed by atoms with Crippen LogP contribution in [0.5, 0.6) is 0 Å². The maximum Gasteiger partial charge on any atom is 0.221 e. The van der Waals surface area contributed by atoms with E-state index in [1.165, 1.54) is 83.5 Å². The van der Waals surface area contributed by atoms with Gasteiger partial charge in [0.2, 0.25) is 10.5 Å². The fourth-order valence-corrected chi connectivity index (χ4v) is 3.86. The second kappa shape index (κ2) is 31.6. The first-order valence-corrected chi connectivity index (χ1v) is 14.4. The molecule has 33 heavy (non-hydrogen) atoms. The standard InChI is InChI=1S/C18H36O.C10H16Cl2O2/c1-2-3-4-5-6-7-8-9-10-11-12-13-14-15-16-17-18-19;11-9(13)7-5-3-1-2-4-6-8-10(12)14/h9-10,19H,2-8,11-18H2,1H3;1-8H2/b10-9-;. The van der Waals surface area contributed by atoms with Crippen LogP contribution in [0.25, 0.3) is 0 Å². The largest absolute Gasteiger partial charge is 0.396 e. The number of aliphatic hydroxyl groups is 1. The predicted octanol–water partition coefficient (Wildman–Crippen LogP) is 9.65. The molecule has 0 unspecified atom stereocenters. The van der Waals surface area contributed by atoms with Gasteiger partial charge in [0.1, 0.15) is 0 Å². The molecule has 0 heterocycles. The number of hydrogen-bond acceptors (Lipinski definition) is 3. The van der Waals surface area contributed by atoms with Crippen molar-refractivity contribution in [3.63, 3.8) is 0 Å². The lowest BCUT2D eigenvalue weighted by Gasteiger charge is -1.99. The van der Waals surface area contributed by atoms with Crippen molar-refractivity contribution in [1.82, 2.24) is 0 Å². The molecule has 0 aromatic carbocycles. The lowest BCUT2D eigenvalue weighted by Crippen LogP contribution is -1.88. The van der Waals surface area contributed by atoms with Crippen LogP contribution in [0.1, 0.15) is 148 Å². The average Bonchev–Trinajstić information content (AvgIpc) is 2.78. The molecule has 196 valence electrons. The fraction of sp³-hybridized carbons (Fsp3) is 0.857. The molecule has 0 rings (SSSR count). The second-order valence-electron chi connectivity index (χ2n) is 8.99. The Bertz CT molecular complexity index is 419. The highest BCUT2D eigenvalue weighted by Gasteiger charge is 1.98. The Morgan fingerprint density at radius 3 is 1.24 bits per heavy atom. The van der Waals surface area contributed by atoms with Gasteiger partial charge in [-0.15, -0.1) is 0 Å². The second-order valence-corrected chi connectivity index (χ2v) is 9.84. The highest BCUT2D eigenvalue weighted by molar-refractivity contribution is 6.63. The van der Waals surface area contributed by atoms with E-state index in [4.69, 9.17) is 28.3 Å². The number of carbonyl (C=O) groups is 2. The molecule has 0 aromatic heterocycles. The number of unbranched alkanes of at least 4 members (excludes halogenated alkanes) is 17. The van der Waals surface area contributed by atoms with Crippen LogP contribution < -0.4 is 0 Å². The molecule has 0 aliphatic heterocycles. The lowest BCUT2D eigenvalue weighted by atomic mass is 10.1. The monoisotopic (exact) mass is 506 g/mol. The maximum atomic E-state index is 10.4. The van der Waals surface area contributed by atoms with Crippen molar-refractivity contribution in [3.8, 4) is 0 Å². The van der Waals surface area contributed by atoms with E-state index in [9.17, 15) is 9.59 Å². The summed E-state index contributed by atoms with van der Waals surface area (Å²) >= 11 is 10.4. The number of allylic oxidation sites excluding steroid dienone is 2. The number of aliphatic hydroxyl groups excluding tert-OH is 1. The van der Waals surface area contributed by atoms with Gasteiger partial charge < -0.3 is 5.11 Å². The van der Waals surface area contributed by atoms with Crippen LogP contribution in [0, 0.1) is 0 Å². The van der Waals surface area contributed by atoms with Gasteiger partial charge in [0.05, 0.1) is 0 Å². The van der Waals surface area contributed by atoms with Crippen molar-refractivity contribution in [3.05, 3.63) is 12.2 Å². The van der Waals surface area contributed by atoms with Crippen molar-refractivity contribution in [2.75, 3.05) is 6.61 Å². The molecule has 0 aromatic rings. The summed E-state index contributed by atoms with van der Waals surface area (Å²) in [4.78, 5) is 20.7. The van der Waals surface area contributed by atoms with Gasteiger partial charge in [-0.3, -0.25) is 9.59 Å². The zero-order valence-electron chi connectivity index (χ0n) is 21.4. The minimum Gasteiger partial charge on any atom is -0.396 e. The van der Waals surface area contributed by atoms with Crippen LogP contribution in [-0.2, 0) is 9.59 Å². The summed E-state index contributed by atoms with van der Waals surface area (Å²) in [7, 11) is 0. The Kier molecular flexibility index (Phi) is 33.3. The first kappa shape index (κ1) is 34.8. The topological polar surface area (TPSA) is 54.4 Å². The molecule has 5 heteroatoms. The summed E-state index contributed by atoms with van der Waals surface area (Å²) in [5.41, 5.74) is 0. The molecule has 0 aliphatic carbocycles. The number of halogens is 2. The lowest BCUT2D eigenvalue weighted by molar-refractivity contribution is -0.112. The highest BCUT2D eigenvalue weighted by atomic mass is 35.5. The van der Waals surface area contributed by atoms with Crippen molar-refractivity contribution in [2.24, 2.45) is 0 Å². The van der Waals surface area contributed by atoms with Gasteiger partial charge in [0, 0.05) is 19.4 Å². The summed E-state index contributed by atoms with van der Waals surface area (Å²) in [5, 5.41) is 8.16. The zero-order chi connectivity index (χ0) is 24.8. The van der Waals surface area contributed by atoms with E-state index in [1.807, 2.05) is 0 Å². The summed E-state index contributed by atoms with van der Waals surface area (Å²) in [6, 6.07) is 0. The smallest absolute Gasteiger partial charge is 0.221 e. The first-order valence-electron chi connectivity index (χ1n) is 13.7. The molecule has 0 aliphatic rings.